The number of aryl methyl sites for hydroxylation is 2. The molecule has 0 bridgehead atoms. The van der Waals surface area contributed by atoms with Crippen molar-refractivity contribution in [3.63, 3.8) is 0 Å². The van der Waals surface area contributed by atoms with Crippen LogP contribution >= 0.6 is 12.4 Å². The Balaban J connectivity index is 0.00000240. The molecule has 0 aliphatic carbocycles. The normalized spacial score (nSPS) is 16.8. The molecule has 1 saturated heterocycles. The van der Waals surface area contributed by atoms with Gasteiger partial charge in [-0.15, -0.1) is 12.4 Å². The van der Waals surface area contributed by atoms with Crippen molar-refractivity contribution < 1.29 is 0 Å². The van der Waals surface area contributed by atoms with Gasteiger partial charge in [-0.25, -0.2) is 4.79 Å². The third-order valence-corrected chi connectivity index (χ3v) is 5.73. The molecule has 0 spiro atoms. The molecule has 4 heterocycles. The smallest absolute Gasteiger partial charge is 0.332 e. The number of rotatable bonds is 5. The van der Waals surface area contributed by atoms with Crippen LogP contribution in [0.15, 0.2) is 14.6 Å². The Bertz CT molecular complexity index is 1010. The fourth-order valence-electron chi connectivity index (χ4n) is 4.14. The summed E-state index contributed by atoms with van der Waals surface area (Å²) in [7, 11) is 3.21. The Labute approximate surface area is 175 Å². The van der Waals surface area contributed by atoms with E-state index >= 15 is 0 Å². The van der Waals surface area contributed by atoms with Crippen LogP contribution in [0.3, 0.4) is 0 Å². The van der Waals surface area contributed by atoms with Crippen molar-refractivity contribution in [2.45, 2.75) is 45.1 Å². The highest BCUT2D eigenvalue weighted by atomic mass is 35.5. The first kappa shape index (κ1) is 21.4. The minimum atomic E-state index is -0.340. The number of halogens is 1. The molecule has 2 aromatic heterocycles. The van der Waals surface area contributed by atoms with Crippen molar-refractivity contribution in [2.24, 2.45) is 19.1 Å². The van der Waals surface area contributed by atoms with Crippen molar-refractivity contribution in [2.75, 3.05) is 31.1 Å². The molecule has 0 unspecified atom stereocenters. The minimum absolute atomic E-state index is 0. The van der Waals surface area contributed by atoms with Crippen LogP contribution in [0.2, 0.25) is 0 Å². The second-order valence-corrected chi connectivity index (χ2v) is 7.70. The van der Waals surface area contributed by atoms with Crippen LogP contribution < -0.4 is 21.5 Å². The van der Waals surface area contributed by atoms with Gasteiger partial charge in [0.2, 0.25) is 5.95 Å². The molecule has 0 saturated carbocycles. The summed E-state index contributed by atoms with van der Waals surface area (Å²) in [6.07, 6.45) is 6.48. The molecular weight excluding hydrogens is 394 g/mol. The molecule has 0 atom stereocenters. The summed E-state index contributed by atoms with van der Waals surface area (Å²) >= 11 is 0. The minimum Gasteiger partial charge on any atom is -0.374 e. The number of imidazole rings is 1. The number of fused-ring (bicyclic) bond motifs is 1. The lowest BCUT2D eigenvalue weighted by Crippen LogP contribution is -2.37. The number of nitrogens with zero attached hydrogens (tertiary/aromatic N) is 6. The summed E-state index contributed by atoms with van der Waals surface area (Å²) in [6.45, 7) is 4.27. The van der Waals surface area contributed by atoms with Crippen molar-refractivity contribution >= 4 is 35.4 Å². The summed E-state index contributed by atoms with van der Waals surface area (Å²) in [5, 5.41) is 3.40. The third-order valence-electron chi connectivity index (χ3n) is 5.73. The quantitative estimate of drug-likeness (QED) is 0.725. The molecule has 2 aliphatic heterocycles. The molecule has 1 fully saturated rings. The van der Waals surface area contributed by atoms with Crippen LogP contribution in [0.5, 0.6) is 0 Å². The second kappa shape index (κ2) is 9.02. The van der Waals surface area contributed by atoms with E-state index in [0.717, 1.165) is 70.1 Å². The number of anilines is 1. The molecule has 29 heavy (non-hydrogen) atoms. The van der Waals surface area contributed by atoms with Gasteiger partial charge in [-0.3, -0.25) is 18.9 Å². The average Bonchev–Trinajstić information content (AvgIpc) is 3.36. The van der Waals surface area contributed by atoms with Gasteiger partial charge in [0, 0.05) is 53.2 Å². The average molecular weight is 424 g/mol. The van der Waals surface area contributed by atoms with Crippen LogP contribution in [0.1, 0.15) is 38.5 Å². The summed E-state index contributed by atoms with van der Waals surface area (Å²) in [5.74, 6) is 1.90. The Morgan fingerprint density at radius 2 is 1.79 bits per heavy atom. The number of aliphatic imine (C=N–C) groups is 1. The number of piperidine rings is 1. The molecule has 1 N–H and O–H groups in total. The van der Waals surface area contributed by atoms with Gasteiger partial charge in [0.25, 0.3) is 5.56 Å². The number of amidine groups is 1. The van der Waals surface area contributed by atoms with Crippen molar-refractivity contribution in [1.82, 2.24) is 24.0 Å². The number of hydrogen-bond acceptors (Lipinski definition) is 6. The first-order valence-electron chi connectivity index (χ1n) is 10.3. The third kappa shape index (κ3) is 4.05. The van der Waals surface area contributed by atoms with E-state index in [1.54, 1.807) is 7.05 Å². The maximum absolute atomic E-state index is 12.9. The lowest BCUT2D eigenvalue weighted by molar-refractivity contribution is 0.549. The van der Waals surface area contributed by atoms with Crippen LogP contribution in [0, 0.1) is 0 Å². The zero-order chi connectivity index (χ0) is 19.7. The first-order chi connectivity index (χ1) is 13.6. The number of aromatic nitrogens is 4. The maximum Gasteiger partial charge on any atom is 0.332 e. The number of nitrogens with one attached hydrogen (secondary N) is 1. The van der Waals surface area contributed by atoms with E-state index in [0.29, 0.717) is 17.7 Å². The molecule has 2 aliphatic rings. The Morgan fingerprint density at radius 3 is 2.48 bits per heavy atom. The molecule has 160 valence electrons. The van der Waals surface area contributed by atoms with E-state index in [-0.39, 0.29) is 23.7 Å². The Hall–Kier alpha value is -2.29. The lowest BCUT2D eigenvalue weighted by atomic mass is 10.1. The Morgan fingerprint density at radius 1 is 1.03 bits per heavy atom. The van der Waals surface area contributed by atoms with E-state index in [4.69, 9.17) is 4.98 Å². The van der Waals surface area contributed by atoms with Gasteiger partial charge >= 0.3 is 5.69 Å². The van der Waals surface area contributed by atoms with Crippen LogP contribution in [-0.2, 0) is 20.6 Å². The zero-order valence-corrected chi connectivity index (χ0v) is 18.0. The van der Waals surface area contributed by atoms with E-state index in [9.17, 15) is 9.59 Å². The predicted molar refractivity (Wildman–Crippen MR) is 118 cm³/mol. The largest absolute Gasteiger partial charge is 0.374 e. The fraction of sp³-hybridized carbons (Fsp3) is 0.684. The van der Waals surface area contributed by atoms with Crippen molar-refractivity contribution in [3.05, 3.63) is 20.8 Å². The molecule has 2 aromatic rings. The summed E-state index contributed by atoms with van der Waals surface area (Å²) < 4.78 is 4.67. The fourth-order valence-corrected chi connectivity index (χ4v) is 4.14. The van der Waals surface area contributed by atoms with E-state index < -0.39 is 0 Å². The molecule has 0 aromatic carbocycles. The van der Waals surface area contributed by atoms with Crippen LogP contribution in [0.4, 0.5) is 5.95 Å². The highest BCUT2D eigenvalue weighted by Gasteiger charge is 2.23. The maximum atomic E-state index is 12.9. The molecule has 9 nitrogen and oxygen atoms in total. The molecule has 4 rings (SSSR count). The van der Waals surface area contributed by atoms with Crippen molar-refractivity contribution in [1.29, 1.82) is 0 Å². The second-order valence-electron chi connectivity index (χ2n) is 7.70. The SMILES string of the molecule is Cl.Cn1c(=O)c2c(nc(N3CCCCC3)n2CCCNC2=NCCC2)n(C)c1=O. The Kier molecular flexibility index (Phi) is 6.66. The first-order valence-corrected chi connectivity index (χ1v) is 10.3. The number of hydrogen-bond donors (Lipinski definition) is 1. The zero-order valence-electron chi connectivity index (χ0n) is 17.2. The molecule has 0 radical (unpaired) electrons. The van der Waals surface area contributed by atoms with E-state index in [2.05, 4.69) is 15.2 Å². The molecule has 0 amide bonds. The molecular formula is C19H30ClN7O2. The van der Waals surface area contributed by atoms with Gasteiger partial charge in [0.15, 0.2) is 11.2 Å². The highest BCUT2D eigenvalue weighted by Crippen LogP contribution is 2.23. The van der Waals surface area contributed by atoms with Gasteiger partial charge < -0.3 is 14.8 Å². The van der Waals surface area contributed by atoms with Gasteiger partial charge in [-0.05, 0) is 32.1 Å². The van der Waals surface area contributed by atoms with Gasteiger partial charge in [-0.1, -0.05) is 0 Å². The van der Waals surface area contributed by atoms with Crippen LogP contribution in [0.25, 0.3) is 11.2 Å². The topological polar surface area (TPSA) is 89.4 Å². The van der Waals surface area contributed by atoms with Gasteiger partial charge in [-0.2, -0.15) is 4.98 Å². The van der Waals surface area contributed by atoms with Gasteiger partial charge in [0.05, 0.1) is 5.84 Å². The summed E-state index contributed by atoms with van der Waals surface area (Å²) in [4.78, 5) is 36.7. The van der Waals surface area contributed by atoms with Crippen molar-refractivity contribution in [3.8, 4) is 0 Å². The standard InChI is InChI=1S/C19H29N7O2.ClH/c1-23-16-15(17(27)24(2)19(23)28)26(13-7-10-21-14-8-6-9-20-14)18(22-16)25-11-4-3-5-12-25;/h3-13H2,1-2H3,(H,20,21);1H. The van der Waals surface area contributed by atoms with Gasteiger partial charge in [0.1, 0.15) is 0 Å². The highest BCUT2D eigenvalue weighted by molar-refractivity contribution is 5.85. The monoisotopic (exact) mass is 423 g/mol. The molecule has 10 heteroatoms. The van der Waals surface area contributed by atoms with E-state index in [1.165, 1.54) is 22.6 Å². The summed E-state index contributed by atoms with van der Waals surface area (Å²) in [5.41, 5.74) is 0.375. The van der Waals surface area contributed by atoms with E-state index in [1.807, 2.05) is 4.57 Å². The summed E-state index contributed by atoms with van der Waals surface area (Å²) in [6, 6.07) is 0. The van der Waals surface area contributed by atoms with Crippen LogP contribution in [-0.4, -0.2) is 50.7 Å². The lowest BCUT2D eigenvalue weighted by Gasteiger charge is -2.28. The predicted octanol–water partition coefficient (Wildman–Crippen LogP) is 1.02.